The van der Waals surface area contributed by atoms with Crippen LogP contribution in [0.25, 0.3) is 66.8 Å². The predicted octanol–water partition coefficient (Wildman–Crippen LogP) is 16.2. The molecule has 8 aromatic carbocycles. The Balaban J connectivity index is 1.31. The fourth-order valence-corrected chi connectivity index (χ4v) is 9.74. The highest BCUT2D eigenvalue weighted by molar-refractivity contribution is 8.27. The average Bonchev–Trinajstić information content (AvgIpc) is 3.29. The van der Waals surface area contributed by atoms with E-state index >= 15 is 0 Å². The third-order valence-corrected chi connectivity index (χ3v) is 13.4. The zero-order valence-electron chi connectivity index (χ0n) is 34.4. The van der Waals surface area contributed by atoms with Crippen molar-refractivity contribution in [2.45, 2.75) is 27.7 Å². The van der Waals surface area contributed by atoms with E-state index in [2.05, 4.69) is 210 Å². The third-order valence-electron chi connectivity index (χ3n) is 11.1. The number of thioether (sulfide) groups is 2. The van der Waals surface area contributed by atoms with Gasteiger partial charge in [0.1, 0.15) is 10.1 Å². The summed E-state index contributed by atoms with van der Waals surface area (Å²) in [5.41, 5.74) is 20.4. The van der Waals surface area contributed by atoms with E-state index in [0.29, 0.717) is 0 Å². The van der Waals surface area contributed by atoms with Gasteiger partial charge in [0.05, 0.1) is 11.4 Å². The molecule has 0 bridgehead atoms. The molecule has 0 saturated carbocycles. The second-order valence-electron chi connectivity index (χ2n) is 15.6. The largest absolute Gasteiger partial charge is 0.238 e. The molecule has 0 unspecified atom stereocenters. The number of rotatable bonds is 8. The van der Waals surface area contributed by atoms with E-state index in [0.717, 1.165) is 88.6 Å². The van der Waals surface area contributed by atoms with Crippen LogP contribution < -0.4 is 0 Å². The highest BCUT2D eigenvalue weighted by atomic mass is 32.2. The maximum absolute atomic E-state index is 5.75. The minimum atomic E-state index is 0.942. The Morgan fingerprint density at radius 3 is 0.833 bits per heavy atom. The minimum Gasteiger partial charge on any atom is -0.238 e. The van der Waals surface area contributed by atoms with Crippen molar-refractivity contribution in [3.8, 4) is 66.8 Å². The Hall–Kier alpha value is -6.20. The highest BCUT2D eigenvalue weighted by Crippen LogP contribution is 2.47. The molecule has 9 rings (SSSR count). The van der Waals surface area contributed by atoms with E-state index in [1.165, 1.54) is 33.4 Å². The number of hydrogen-bond acceptors (Lipinski definition) is 4. The molecule has 0 atom stereocenters. The zero-order chi connectivity index (χ0) is 41.0. The summed E-state index contributed by atoms with van der Waals surface area (Å²) in [5, 5.41) is 1.88. The van der Waals surface area contributed by atoms with Gasteiger partial charge in [-0.25, -0.2) is 9.98 Å². The first kappa shape index (κ1) is 39.3. The van der Waals surface area contributed by atoms with Gasteiger partial charge in [0, 0.05) is 33.8 Å². The molecule has 1 heterocycles. The van der Waals surface area contributed by atoms with Crippen molar-refractivity contribution in [2.24, 2.45) is 9.98 Å². The predicted molar refractivity (Wildman–Crippen MR) is 264 cm³/mol. The van der Waals surface area contributed by atoms with Gasteiger partial charge in [-0.3, -0.25) is 0 Å². The Morgan fingerprint density at radius 2 is 0.567 bits per heavy atom. The molecule has 4 heteroatoms. The molecule has 0 radical (unpaired) electrons. The second-order valence-corrected chi connectivity index (χ2v) is 17.7. The van der Waals surface area contributed by atoms with Crippen LogP contribution in [-0.4, -0.2) is 21.6 Å². The van der Waals surface area contributed by atoms with Gasteiger partial charge in [-0.1, -0.05) is 180 Å². The van der Waals surface area contributed by atoms with Crippen LogP contribution in [0.3, 0.4) is 0 Å². The number of hydrogen-bond donors (Lipinski definition) is 0. The standard InChI is InChI=1S/C56H46N2S2/c1-37-15-23-43(24-16-37)49-33-47(41-11-7-5-8-12-41)34-50(44-25-17-38(2)18-26-44)53(49)57-55-56(60-32-31-59-55)58-54-51(45-27-19-39(3)20-28-45)35-48(42-13-9-6-10-14-42)36-52(54)46-29-21-40(4)22-30-46/h5-30,33-36H,31-32H2,1-4H3. The molecule has 1 saturated heterocycles. The number of aryl methyl sites for hydroxylation is 4. The molecule has 0 aromatic heterocycles. The van der Waals surface area contributed by atoms with Crippen LogP contribution in [-0.2, 0) is 0 Å². The Kier molecular flexibility index (Phi) is 11.5. The maximum Gasteiger partial charge on any atom is 0.129 e. The average molecular weight is 811 g/mol. The molecule has 1 aliphatic rings. The number of aliphatic imine (C=N–C) groups is 2. The summed E-state index contributed by atoms with van der Waals surface area (Å²) in [5.74, 6) is 1.90. The number of benzene rings is 8. The van der Waals surface area contributed by atoms with Gasteiger partial charge >= 0.3 is 0 Å². The van der Waals surface area contributed by atoms with Crippen molar-refractivity contribution in [1.82, 2.24) is 0 Å². The summed E-state index contributed by atoms with van der Waals surface area (Å²) in [6, 6.07) is 66.1. The normalized spacial score (nSPS) is 14.1. The third kappa shape index (κ3) is 8.58. The maximum atomic E-state index is 5.75. The van der Waals surface area contributed by atoms with Gasteiger partial charge in [0.2, 0.25) is 0 Å². The fourth-order valence-electron chi connectivity index (χ4n) is 7.68. The van der Waals surface area contributed by atoms with Gasteiger partial charge in [-0.05, 0) is 96.5 Å². The molecule has 60 heavy (non-hydrogen) atoms. The van der Waals surface area contributed by atoms with E-state index in [9.17, 15) is 0 Å². The van der Waals surface area contributed by atoms with Crippen LogP contribution in [0.1, 0.15) is 22.3 Å². The van der Waals surface area contributed by atoms with E-state index in [1.54, 1.807) is 23.5 Å². The van der Waals surface area contributed by atoms with Crippen molar-refractivity contribution in [3.63, 3.8) is 0 Å². The van der Waals surface area contributed by atoms with Crippen LogP contribution >= 0.6 is 23.5 Å². The SMILES string of the molecule is Cc1ccc(-c2cc(-c3ccccc3)cc(-c3ccc(C)cc3)c2N=C2SCCSC2=Nc2c(-c3ccc(C)cc3)cc(-c3ccccc3)cc2-c2ccc(C)cc2)cc1. The first-order chi connectivity index (χ1) is 29.4. The fraction of sp³-hybridized carbons (Fsp3) is 0.107. The van der Waals surface area contributed by atoms with Crippen LogP contribution in [0.4, 0.5) is 11.4 Å². The summed E-state index contributed by atoms with van der Waals surface area (Å²) in [7, 11) is 0. The van der Waals surface area contributed by atoms with Crippen molar-refractivity contribution >= 4 is 45.0 Å². The molecule has 0 aliphatic carbocycles. The molecular formula is C56H46N2S2. The lowest BCUT2D eigenvalue weighted by atomic mass is 9.90. The number of nitrogens with zero attached hydrogens (tertiary/aromatic N) is 2. The molecule has 292 valence electrons. The van der Waals surface area contributed by atoms with Gasteiger partial charge in [0.25, 0.3) is 0 Å². The molecule has 1 aliphatic heterocycles. The van der Waals surface area contributed by atoms with Gasteiger partial charge in [0.15, 0.2) is 0 Å². The van der Waals surface area contributed by atoms with Crippen molar-refractivity contribution in [1.29, 1.82) is 0 Å². The highest BCUT2D eigenvalue weighted by Gasteiger charge is 2.24. The van der Waals surface area contributed by atoms with E-state index in [-0.39, 0.29) is 0 Å². The Morgan fingerprint density at radius 1 is 0.300 bits per heavy atom. The topological polar surface area (TPSA) is 24.7 Å². The van der Waals surface area contributed by atoms with Crippen LogP contribution in [0, 0.1) is 27.7 Å². The summed E-state index contributed by atoms with van der Waals surface area (Å²) in [4.78, 5) is 11.5. The van der Waals surface area contributed by atoms with E-state index < -0.39 is 0 Å². The molecule has 0 amide bonds. The van der Waals surface area contributed by atoms with Crippen molar-refractivity contribution in [3.05, 3.63) is 204 Å². The van der Waals surface area contributed by atoms with Gasteiger partial charge in [-0.15, -0.1) is 23.5 Å². The summed E-state index contributed by atoms with van der Waals surface area (Å²) < 4.78 is 0. The molecule has 0 N–H and O–H groups in total. The summed E-state index contributed by atoms with van der Waals surface area (Å²) in [6.07, 6.45) is 0. The van der Waals surface area contributed by atoms with E-state index in [4.69, 9.17) is 9.98 Å². The Bertz CT molecular complexity index is 2510. The van der Waals surface area contributed by atoms with Crippen LogP contribution in [0.15, 0.2) is 192 Å². The van der Waals surface area contributed by atoms with Crippen LogP contribution in [0.5, 0.6) is 0 Å². The van der Waals surface area contributed by atoms with Crippen LogP contribution in [0.2, 0.25) is 0 Å². The van der Waals surface area contributed by atoms with Gasteiger partial charge in [-0.2, -0.15) is 0 Å². The zero-order valence-corrected chi connectivity index (χ0v) is 36.1. The molecule has 0 spiro atoms. The monoisotopic (exact) mass is 810 g/mol. The first-order valence-electron chi connectivity index (χ1n) is 20.5. The lowest BCUT2D eigenvalue weighted by molar-refractivity contribution is 1.43. The summed E-state index contributed by atoms with van der Waals surface area (Å²) in [6.45, 7) is 8.57. The van der Waals surface area contributed by atoms with Crippen molar-refractivity contribution in [2.75, 3.05) is 11.5 Å². The quantitative estimate of drug-likeness (QED) is 0.153. The lowest BCUT2D eigenvalue weighted by Crippen LogP contribution is -2.14. The molecule has 1 fully saturated rings. The van der Waals surface area contributed by atoms with E-state index in [1.807, 2.05) is 0 Å². The molecular weight excluding hydrogens is 765 g/mol. The van der Waals surface area contributed by atoms with Gasteiger partial charge < -0.3 is 0 Å². The Labute approximate surface area is 363 Å². The molecule has 8 aromatic rings. The van der Waals surface area contributed by atoms with Crippen molar-refractivity contribution < 1.29 is 0 Å². The summed E-state index contributed by atoms with van der Waals surface area (Å²) >= 11 is 3.61. The molecule has 2 nitrogen and oxygen atoms in total. The minimum absolute atomic E-state index is 0.942. The first-order valence-corrected chi connectivity index (χ1v) is 22.5. The smallest absolute Gasteiger partial charge is 0.129 e. The lowest BCUT2D eigenvalue weighted by Gasteiger charge is -2.21. The second kappa shape index (κ2) is 17.6.